The molecular formula is C27H27Cl2N3O3. The zero-order valence-corrected chi connectivity index (χ0v) is 21.1. The van der Waals surface area contributed by atoms with Gasteiger partial charge in [0.25, 0.3) is 0 Å². The van der Waals surface area contributed by atoms with Gasteiger partial charge in [-0.1, -0.05) is 82.9 Å². The van der Waals surface area contributed by atoms with Crippen LogP contribution in [0.25, 0.3) is 21.6 Å². The second-order valence-corrected chi connectivity index (χ2v) is 9.83. The number of nitrogens with zero attached hydrogens (tertiary/aromatic N) is 3. The molecule has 6 nitrogen and oxygen atoms in total. The molecule has 4 rings (SSSR count). The second-order valence-electron chi connectivity index (χ2n) is 8.96. The van der Waals surface area contributed by atoms with E-state index in [-0.39, 0.29) is 6.10 Å². The molecule has 1 saturated heterocycles. The molecule has 182 valence electrons. The van der Waals surface area contributed by atoms with Crippen LogP contribution in [0.2, 0.25) is 10.0 Å². The van der Waals surface area contributed by atoms with Crippen molar-refractivity contribution in [3.05, 3.63) is 104 Å². The first kappa shape index (κ1) is 25.5. The van der Waals surface area contributed by atoms with Gasteiger partial charge in [0.15, 0.2) is 5.79 Å². The molecule has 3 aromatic carbocycles. The maximum Gasteiger partial charge on any atom is 0.163 e. The Hall–Kier alpha value is -2.57. The van der Waals surface area contributed by atoms with E-state index >= 15 is 0 Å². The van der Waals surface area contributed by atoms with Crippen molar-refractivity contribution in [2.75, 3.05) is 6.61 Å². The van der Waals surface area contributed by atoms with Gasteiger partial charge in [0.05, 0.1) is 25.4 Å². The predicted octanol–water partition coefficient (Wildman–Crippen LogP) is 7.62. The van der Waals surface area contributed by atoms with Crippen molar-refractivity contribution in [1.29, 1.82) is 0 Å². The first-order chi connectivity index (χ1) is 16.8. The minimum absolute atomic E-state index is 0.359. The maximum atomic E-state index is 9.34. The fourth-order valence-electron chi connectivity index (χ4n) is 4.19. The summed E-state index contributed by atoms with van der Waals surface area (Å²) in [4.78, 5) is 3.12. The van der Waals surface area contributed by atoms with Crippen molar-refractivity contribution in [2.45, 2.75) is 50.9 Å². The van der Waals surface area contributed by atoms with Gasteiger partial charge in [-0.25, -0.2) is 0 Å². The Bertz CT molecular complexity index is 1160. The second kappa shape index (κ2) is 11.4. The van der Waals surface area contributed by atoms with E-state index in [1.807, 2.05) is 80.6 Å². The van der Waals surface area contributed by atoms with Gasteiger partial charge in [-0.05, 0) is 66.3 Å². The summed E-state index contributed by atoms with van der Waals surface area (Å²) in [5.74, 6) is -0.722. The van der Waals surface area contributed by atoms with Crippen molar-refractivity contribution in [1.82, 2.24) is 0 Å². The number of azide groups is 1. The van der Waals surface area contributed by atoms with Gasteiger partial charge in [-0.2, -0.15) is 0 Å². The molecule has 0 amide bonds. The Morgan fingerprint density at radius 3 is 2.29 bits per heavy atom. The quantitative estimate of drug-likeness (QED) is 0.168. The summed E-state index contributed by atoms with van der Waals surface area (Å²) in [6, 6.07) is 22.9. The smallest absolute Gasteiger partial charge is 0.163 e. The standard InChI is InChI=1S/C27H27Cl2N3O3/c1-27(2)34-17-25(35-27)26(33-16-19-6-4-3-5-7-19)24(31-32-30)12-18-8-10-20(11-9-18)21-13-22(28)15-23(29)14-21/h3-11,13-15,24-26H,12,16-17H2,1-2H3/t24?,25-,26-/m0/s1. The minimum atomic E-state index is -0.722. The summed E-state index contributed by atoms with van der Waals surface area (Å²) in [5, 5.41) is 5.28. The molecule has 1 fully saturated rings. The maximum absolute atomic E-state index is 9.34. The summed E-state index contributed by atoms with van der Waals surface area (Å²) in [6.45, 7) is 4.46. The Balaban J connectivity index is 1.55. The van der Waals surface area contributed by atoms with Crippen LogP contribution in [0.1, 0.15) is 25.0 Å². The number of halogens is 2. The van der Waals surface area contributed by atoms with Crippen LogP contribution in [-0.2, 0) is 27.2 Å². The van der Waals surface area contributed by atoms with Crippen LogP contribution in [0.15, 0.2) is 77.9 Å². The number of benzene rings is 3. The highest BCUT2D eigenvalue weighted by atomic mass is 35.5. The lowest BCUT2D eigenvalue weighted by atomic mass is 9.96. The molecule has 1 aliphatic heterocycles. The van der Waals surface area contributed by atoms with Gasteiger partial charge >= 0.3 is 0 Å². The SMILES string of the molecule is CC1(C)OC[C@@H]([C@@H](OCc2ccccc2)C(Cc2ccc(-c3cc(Cl)cc(Cl)c3)cc2)N=[N+]=[N-])O1. The van der Waals surface area contributed by atoms with Crippen molar-refractivity contribution < 1.29 is 14.2 Å². The van der Waals surface area contributed by atoms with E-state index in [2.05, 4.69) is 10.0 Å². The average molecular weight is 512 g/mol. The summed E-state index contributed by atoms with van der Waals surface area (Å²) in [5.41, 5.74) is 13.3. The molecule has 3 aromatic rings. The summed E-state index contributed by atoms with van der Waals surface area (Å²) < 4.78 is 18.2. The van der Waals surface area contributed by atoms with Crippen molar-refractivity contribution in [3.8, 4) is 11.1 Å². The normalized spacial score (nSPS) is 18.6. The lowest BCUT2D eigenvalue weighted by Crippen LogP contribution is -2.42. The Labute approximate surface area is 215 Å². The lowest BCUT2D eigenvalue weighted by molar-refractivity contribution is -0.160. The summed E-state index contributed by atoms with van der Waals surface area (Å²) in [6.07, 6.45) is -0.364. The summed E-state index contributed by atoms with van der Waals surface area (Å²) in [7, 11) is 0. The number of rotatable bonds is 9. The van der Waals surface area contributed by atoms with Gasteiger partial charge in [-0.15, -0.1) is 0 Å². The highest BCUT2D eigenvalue weighted by Gasteiger charge is 2.41. The third kappa shape index (κ3) is 6.98. The van der Waals surface area contributed by atoms with Crippen molar-refractivity contribution >= 4 is 23.2 Å². The molecule has 0 radical (unpaired) electrons. The third-order valence-electron chi connectivity index (χ3n) is 5.86. The van der Waals surface area contributed by atoms with Gasteiger partial charge in [-0.3, -0.25) is 0 Å². The molecule has 1 heterocycles. The van der Waals surface area contributed by atoms with Crippen molar-refractivity contribution in [3.63, 3.8) is 0 Å². The van der Waals surface area contributed by atoms with Gasteiger partial charge < -0.3 is 14.2 Å². The van der Waals surface area contributed by atoms with E-state index in [0.717, 1.165) is 22.3 Å². The van der Waals surface area contributed by atoms with E-state index in [1.165, 1.54) is 0 Å². The first-order valence-electron chi connectivity index (χ1n) is 11.4. The monoisotopic (exact) mass is 511 g/mol. The van der Waals surface area contributed by atoms with Crippen LogP contribution in [0.5, 0.6) is 0 Å². The first-order valence-corrected chi connectivity index (χ1v) is 12.2. The molecule has 0 spiro atoms. The van der Waals surface area contributed by atoms with Gasteiger partial charge in [0.1, 0.15) is 6.10 Å². The van der Waals surface area contributed by atoms with Crippen LogP contribution in [0, 0.1) is 0 Å². The van der Waals surface area contributed by atoms with E-state index in [0.29, 0.717) is 29.7 Å². The Morgan fingerprint density at radius 1 is 1.00 bits per heavy atom. The Morgan fingerprint density at radius 2 is 1.69 bits per heavy atom. The minimum Gasteiger partial charge on any atom is -0.370 e. The fourth-order valence-corrected chi connectivity index (χ4v) is 4.72. The molecule has 8 heteroatoms. The molecule has 0 aliphatic carbocycles. The van der Waals surface area contributed by atoms with Crippen LogP contribution in [0.3, 0.4) is 0 Å². The molecule has 0 N–H and O–H groups in total. The van der Waals surface area contributed by atoms with Crippen LogP contribution >= 0.6 is 23.2 Å². The number of hydrogen-bond donors (Lipinski definition) is 0. The van der Waals surface area contributed by atoms with Crippen LogP contribution in [-0.4, -0.2) is 30.6 Å². The molecule has 0 bridgehead atoms. The van der Waals surface area contributed by atoms with Crippen molar-refractivity contribution in [2.24, 2.45) is 5.11 Å². The summed E-state index contributed by atoms with van der Waals surface area (Å²) >= 11 is 12.3. The Kier molecular flexibility index (Phi) is 8.34. The predicted molar refractivity (Wildman–Crippen MR) is 138 cm³/mol. The topological polar surface area (TPSA) is 76.5 Å². The molecular weight excluding hydrogens is 485 g/mol. The zero-order valence-electron chi connectivity index (χ0n) is 19.6. The lowest BCUT2D eigenvalue weighted by Gasteiger charge is -2.29. The van der Waals surface area contributed by atoms with E-state index < -0.39 is 17.9 Å². The van der Waals surface area contributed by atoms with Crippen LogP contribution in [0.4, 0.5) is 0 Å². The van der Waals surface area contributed by atoms with E-state index in [9.17, 15) is 5.53 Å². The molecule has 0 aromatic heterocycles. The highest BCUT2D eigenvalue weighted by molar-refractivity contribution is 6.35. The van der Waals surface area contributed by atoms with E-state index in [4.69, 9.17) is 37.4 Å². The fraction of sp³-hybridized carbons (Fsp3) is 0.333. The zero-order chi connectivity index (χ0) is 24.8. The van der Waals surface area contributed by atoms with E-state index in [1.54, 1.807) is 6.07 Å². The van der Waals surface area contributed by atoms with Gasteiger partial charge in [0, 0.05) is 15.0 Å². The molecule has 1 unspecified atom stereocenters. The number of hydrogen-bond acceptors (Lipinski definition) is 4. The van der Waals surface area contributed by atoms with Gasteiger partial charge in [0.2, 0.25) is 0 Å². The molecule has 1 aliphatic rings. The third-order valence-corrected chi connectivity index (χ3v) is 6.29. The largest absolute Gasteiger partial charge is 0.370 e. The highest BCUT2D eigenvalue weighted by Crippen LogP contribution is 2.31. The molecule has 0 saturated carbocycles. The number of ether oxygens (including phenoxy) is 3. The van der Waals surface area contributed by atoms with Crippen LogP contribution < -0.4 is 0 Å². The molecule has 3 atom stereocenters. The average Bonchev–Trinajstić information content (AvgIpc) is 3.19. The molecule has 35 heavy (non-hydrogen) atoms.